The van der Waals surface area contributed by atoms with Crippen LogP contribution in [0.1, 0.15) is 11.1 Å². The topological polar surface area (TPSA) is 35.2 Å². The zero-order valence-corrected chi connectivity index (χ0v) is 10.00. The van der Waals surface area contributed by atoms with Crippen molar-refractivity contribution in [3.63, 3.8) is 0 Å². The predicted molar refractivity (Wildman–Crippen MR) is 65.0 cm³/mol. The van der Waals surface area contributed by atoms with Gasteiger partial charge in [-0.1, -0.05) is 18.2 Å². The van der Waals surface area contributed by atoms with Crippen LogP contribution < -0.4 is 10.5 Å². The van der Waals surface area contributed by atoms with Crippen molar-refractivity contribution in [2.45, 2.75) is 13.2 Å². The van der Waals surface area contributed by atoms with Gasteiger partial charge in [0.05, 0.1) is 0 Å². The standard InChI is InChI=1S/C14H12F3NO/c15-11-4-5-12(16)13(6-11)19-8-10-3-1-2-9(7-18)14(10)17/h1-6H,7-8,18H2. The van der Waals surface area contributed by atoms with E-state index < -0.39 is 17.5 Å². The normalized spacial score (nSPS) is 10.5. The molecule has 100 valence electrons. The molecule has 0 unspecified atom stereocenters. The summed E-state index contributed by atoms with van der Waals surface area (Å²) in [5.41, 5.74) is 5.97. The molecule has 2 rings (SSSR count). The molecule has 2 aromatic carbocycles. The second kappa shape index (κ2) is 5.75. The summed E-state index contributed by atoms with van der Waals surface area (Å²) >= 11 is 0. The first-order valence-corrected chi connectivity index (χ1v) is 5.66. The molecule has 0 radical (unpaired) electrons. The maximum atomic E-state index is 13.8. The molecule has 0 saturated heterocycles. The molecule has 2 N–H and O–H groups in total. The Morgan fingerprint density at radius 3 is 2.47 bits per heavy atom. The summed E-state index contributed by atoms with van der Waals surface area (Å²) in [4.78, 5) is 0. The number of hydrogen-bond donors (Lipinski definition) is 1. The van der Waals surface area contributed by atoms with E-state index in [-0.39, 0.29) is 24.5 Å². The van der Waals surface area contributed by atoms with Gasteiger partial charge in [0.25, 0.3) is 0 Å². The van der Waals surface area contributed by atoms with E-state index in [2.05, 4.69) is 0 Å². The molecule has 2 aromatic rings. The van der Waals surface area contributed by atoms with Crippen LogP contribution in [0.15, 0.2) is 36.4 Å². The maximum absolute atomic E-state index is 13.8. The van der Waals surface area contributed by atoms with E-state index in [1.165, 1.54) is 6.07 Å². The lowest BCUT2D eigenvalue weighted by Crippen LogP contribution is -2.05. The van der Waals surface area contributed by atoms with E-state index in [1.54, 1.807) is 12.1 Å². The van der Waals surface area contributed by atoms with Gasteiger partial charge in [0.2, 0.25) is 0 Å². The van der Waals surface area contributed by atoms with Gasteiger partial charge in [-0.05, 0) is 12.1 Å². The summed E-state index contributed by atoms with van der Waals surface area (Å²) < 4.78 is 45.2. The van der Waals surface area contributed by atoms with Crippen molar-refractivity contribution in [3.05, 3.63) is 65.0 Å². The highest BCUT2D eigenvalue weighted by atomic mass is 19.1. The van der Waals surface area contributed by atoms with E-state index in [0.717, 1.165) is 18.2 Å². The lowest BCUT2D eigenvalue weighted by molar-refractivity contribution is 0.282. The van der Waals surface area contributed by atoms with Crippen LogP contribution >= 0.6 is 0 Å². The summed E-state index contributed by atoms with van der Waals surface area (Å²) in [6, 6.07) is 7.55. The average molecular weight is 267 g/mol. The molecule has 0 spiro atoms. The van der Waals surface area contributed by atoms with E-state index >= 15 is 0 Å². The lowest BCUT2D eigenvalue weighted by Gasteiger charge is -2.10. The van der Waals surface area contributed by atoms with E-state index in [0.29, 0.717) is 5.56 Å². The molecule has 0 bridgehead atoms. The van der Waals surface area contributed by atoms with Crippen molar-refractivity contribution in [2.24, 2.45) is 5.73 Å². The maximum Gasteiger partial charge on any atom is 0.165 e. The average Bonchev–Trinajstić information content (AvgIpc) is 2.41. The minimum absolute atomic E-state index is 0.0635. The predicted octanol–water partition coefficient (Wildman–Crippen LogP) is 3.14. The number of hydrogen-bond acceptors (Lipinski definition) is 2. The first-order chi connectivity index (χ1) is 9.11. The lowest BCUT2D eigenvalue weighted by atomic mass is 10.1. The molecule has 0 aliphatic carbocycles. The summed E-state index contributed by atoms with van der Waals surface area (Å²) in [6.07, 6.45) is 0. The zero-order valence-electron chi connectivity index (χ0n) is 10.00. The molecule has 0 saturated carbocycles. The Morgan fingerprint density at radius 2 is 1.74 bits per heavy atom. The van der Waals surface area contributed by atoms with Crippen LogP contribution in [0.25, 0.3) is 0 Å². The first-order valence-electron chi connectivity index (χ1n) is 5.66. The second-order valence-electron chi connectivity index (χ2n) is 3.96. The first kappa shape index (κ1) is 13.4. The number of halogens is 3. The fourth-order valence-electron chi connectivity index (χ4n) is 1.65. The Labute approximate surface area is 108 Å². The van der Waals surface area contributed by atoms with Crippen LogP contribution in [0.2, 0.25) is 0 Å². The molecule has 19 heavy (non-hydrogen) atoms. The zero-order chi connectivity index (χ0) is 13.8. The van der Waals surface area contributed by atoms with Gasteiger partial charge >= 0.3 is 0 Å². The van der Waals surface area contributed by atoms with Gasteiger partial charge in [0.1, 0.15) is 18.2 Å². The Morgan fingerprint density at radius 1 is 1.00 bits per heavy atom. The van der Waals surface area contributed by atoms with Gasteiger partial charge in [0, 0.05) is 23.7 Å². The number of ether oxygens (including phenoxy) is 1. The number of benzene rings is 2. The SMILES string of the molecule is NCc1cccc(COc2cc(F)ccc2F)c1F. The summed E-state index contributed by atoms with van der Waals surface area (Å²) in [6.45, 7) is -0.131. The highest BCUT2D eigenvalue weighted by Crippen LogP contribution is 2.20. The highest BCUT2D eigenvalue weighted by Gasteiger charge is 2.09. The minimum atomic E-state index is -0.697. The second-order valence-corrected chi connectivity index (χ2v) is 3.96. The largest absolute Gasteiger partial charge is 0.486 e. The Hall–Kier alpha value is -2.01. The van der Waals surface area contributed by atoms with Crippen LogP contribution in [-0.2, 0) is 13.2 Å². The fraction of sp³-hybridized carbons (Fsp3) is 0.143. The molecular weight excluding hydrogens is 255 g/mol. The van der Waals surface area contributed by atoms with Gasteiger partial charge in [0.15, 0.2) is 11.6 Å². The molecule has 0 aromatic heterocycles. The van der Waals surface area contributed by atoms with Crippen molar-refractivity contribution in [2.75, 3.05) is 0 Å². The van der Waals surface area contributed by atoms with E-state index in [9.17, 15) is 13.2 Å². The van der Waals surface area contributed by atoms with Crippen molar-refractivity contribution < 1.29 is 17.9 Å². The van der Waals surface area contributed by atoms with Gasteiger partial charge in [-0.3, -0.25) is 0 Å². The molecule has 0 amide bonds. The Balaban J connectivity index is 2.17. The van der Waals surface area contributed by atoms with Crippen LogP contribution in [0.5, 0.6) is 5.75 Å². The molecule has 2 nitrogen and oxygen atoms in total. The Kier molecular flexibility index (Phi) is 4.06. The quantitative estimate of drug-likeness (QED) is 0.923. The van der Waals surface area contributed by atoms with Crippen LogP contribution in [0.3, 0.4) is 0 Å². The van der Waals surface area contributed by atoms with Crippen molar-refractivity contribution >= 4 is 0 Å². The summed E-state index contributed by atoms with van der Waals surface area (Å²) in [5.74, 6) is -2.05. The van der Waals surface area contributed by atoms with Crippen molar-refractivity contribution in [1.29, 1.82) is 0 Å². The van der Waals surface area contributed by atoms with Crippen molar-refractivity contribution in [3.8, 4) is 5.75 Å². The smallest absolute Gasteiger partial charge is 0.165 e. The molecule has 5 heteroatoms. The van der Waals surface area contributed by atoms with Gasteiger partial charge < -0.3 is 10.5 Å². The molecule has 0 atom stereocenters. The Bertz CT molecular complexity index is 587. The molecule has 0 aliphatic heterocycles. The van der Waals surface area contributed by atoms with Gasteiger partial charge in [-0.25, -0.2) is 13.2 Å². The monoisotopic (exact) mass is 267 g/mol. The third-order valence-electron chi connectivity index (χ3n) is 2.66. The third-order valence-corrected chi connectivity index (χ3v) is 2.66. The molecule has 0 aliphatic rings. The third kappa shape index (κ3) is 3.06. The molecule has 0 heterocycles. The molecule has 0 fully saturated rings. The van der Waals surface area contributed by atoms with Crippen LogP contribution in [0.4, 0.5) is 13.2 Å². The van der Waals surface area contributed by atoms with Crippen LogP contribution in [-0.4, -0.2) is 0 Å². The minimum Gasteiger partial charge on any atom is -0.486 e. The van der Waals surface area contributed by atoms with Gasteiger partial charge in [-0.2, -0.15) is 0 Å². The summed E-state index contributed by atoms with van der Waals surface area (Å²) in [5, 5.41) is 0. The fourth-order valence-corrected chi connectivity index (χ4v) is 1.65. The summed E-state index contributed by atoms with van der Waals surface area (Å²) in [7, 11) is 0. The van der Waals surface area contributed by atoms with Crippen molar-refractivity contribution in [1.82, 2.24) is 0 Å². The number of nitrogens with two attached hydrogens (primary N) is 1. The van der Waals surface area contributed by atoms with E-state index in [1.807, 2.05) is 0 Å². The molecular formula is C14H12F3NO. The highest BCUT2D eigenvalue weighted by molar-refractivity contribution is 5.28. The van der Waals surface area contributed by atoms with E-state index in [4.69, 9.17) is 10.5 Å². The van der Waals surface area contributed by atoms with Crippen LogP contribution in [0, 0.1) is 17.5 Å². The number of rotatable bonds is 4. The van der Waals surface area contributed by atoms with Gasteiger partial charge in [-0.15, -0.1) is 0 Å².